The highest BCUT2D eigenvalue weighted by atomic mass is 35.5. The number of fused-ring (bicyclic) bond motifs is 1. The summed E-state index contributed by atoms with van der Waals surface area (Å²) in [6.45, 7) is 0. The van der Waals surface area contributed by atoms with Gasteiger partial charge in [-0.05, 0) is 53.2 Å². The Balaban J connectivity index is 1.88. The van der Waals surface area contributed by atoms with E-state index in [1.807, 2.05) is 0 Å². The molecule has 0 saturated heterocycles. The van der Waals surface area contributed by atoms with E-state index < -0.39 is 17.4 Å². The van der Waals surface area contributed by atoms with Crippen LogP contribution in [-0.2, 0) is 0 Å². The number of amides is 1. The van der Waals surface area contributed by atoms with E-state index in [-0.39, 0.29) is 5.56 Å². The van der Waals surface area contributed by atoms with Crippen LogP contribution < -0.4 is 10.5 Å². The molecule has 0 aliphatic rings. The predicted octanol–water partition coefficient (Wildman–Crippen LogP) is 4.68. The van der Waals surface area contributed by atoms with Gasteiger partial charge >= 0.3 is 0 Å². The number of pyridine rings is 1. The third-order valence-electron chi connectivity index (χ3n) is 4.60. The van der Waals surface area contributed by atoms with Crippen molar-refractivity contribution in [3.63, 3.8) is 0 Å². The molecule has 0 saturated carbocycles. The van der Waals surface area contributed by atoms with E-state index in [1.54, 1.807) is 73.1 Å². The number of para-hydroxylation sites is 1. The lowest BCUT2D eigenvalue weighted by Crippen LogP contribution is -2.36. The summed E-state index contributed by atoms with van der Waals surface area (Å²) in [6.07, 6.45) is 0. The molecular weight excluding hydrogens is 408 g/mol. The number of thiophene rings is 1. The lowest BCUT2D eigenvalue weighted by atomic mass is 10.1. The normalized spacial score (nSPS) is 10.8. The topological polar surface area (TPSA) is 59.4 Å². The van der Waals surface area contributed by atoms with E-state index in [1.165, 1.54) is 22.3 Å². The first-order chi connectivity index (χ1) is 14.0. The average Bonchev–Trinajstić information content (AvgIpc) is 3.27. The quantitative estimate of drug-likeness (QED) is 0.481. The van der Waals surface area contributed by atoms with Gasteiger partial charge in [-0.25, -0.2) is 4.57 Å². The van der Waals surface area contributed by atoms with Gasteiger partial charge in [0.2, 0.25) is 0 Å². The number of carbonyl (C=O) groups is 2. The number of halogens is 1. The highest BCUT2D eigenvalue weighted by molar-refractivity contribution is 7.12. The summed E-state index contributed by atoms with van der Waals surface area (Å²) in [5.74, 6) is -0.958. The largest absolute Gasteiger partial charge is 0.311 e. The van der Waals surface area contributed by atoms with Gasteiger partial charge in [-0.15, -0.1) is 11.3 Å². The molecule has 0 aliphatic carbocycles. The Morgan fingerprint density at radius 2 is 1.72 bits per heavy atom. The van der Waals surface area contributed by atoms with Crippen molar-refractivity contribution >= 4 is 51.3 Å². The van der Waals surface area contributed by atoms with Gasteiger partial charge in [-0.1, -0.05) is 35.9 Å². The molecule has 144 valence electrons. The van der Waals surface area contributed by atoms with Crippen molar-refractivity contribution in [3.05, 3.63) is 97.9 Å². The predicted molar refractivity (Wildman–Crippen MR) is 116 cm³/mol. The Kier molecular flexibility index (Phi) is 5.05. The van der Waals surface area contributed by atoms with Crippen LogP contribution >= 0.6 is 22.9 Å². The lowest BCUT2D eigenvalue weighted by molar-refractivity contribution is 0.0964. The van der Waals surface area contributed by atoms with Gasteiger partial charge in [0.25, 0.3) is 17.4 Å². The van der Waals surface area contributed by atoms with Crippen LogP contribution in [0.25, 0.3) is 10.9 Å². The standard InChI is InChI=1S/C22H15ClN2O3S/c1-24(16-10-8-15(23)9-11-16)20(26)17-13-14-5-2-3-6-18(14)25(21(17)27)22(28)19-7-4-12-29-19/h2-13H,1H3. The highest BCUT2D eigenvalue weighted by Crippen LogP contribution is 2.21. The molecule has 0 fully saturated rings. The third kappa shape index (κ3) is 3.48. The number of carbonyl (C=O) groups excluding carboxylic acids is 2. The van der Waals surface area contributed by atoms with Crippen molar-refractivity contribution in [2.45, 2.75) is 0 Å². The molecule has 0 radical (unpaired) electrons. The number of rotatable bonds is 3. The van der Waals surface area contributed by atoms with E-state index in [0.29, 0.717) is 26.5 Å². The Bertz CT molecular complexity index is 1280. The molecule has 5 nitrogen and oxygen atoms in total. The van der Waals surface area contributed by atoms with Gasteiger partial charge in [0.1, 0.15) is 5.56 Å². The second kappa shape index (κ2) is 7.66. The molecule has 1 amide bonds. The summed E-state index contributed by atoms with van der Waals surface area (Å²) in [7, 11) is 1.58. The number of aromatic nitrogens is 1. The number of hydrogen-bond donors (Lipinski definition) is 0. The van der Waals surface area contributed by atoms with Gasteiger partial charge in [-0.3, -0.25) is 14.4 Å². The van der Waals surface area contributed by atoms with Gasteiger partial charge in [0.05, 0.1) is 10.4 Å². The monoisotopic (exact) mass is 422 g/mol. The van der Waals surface area contributed by atoms with Crippen LogP contribution in [0, 0.1) is 0 Å². The maximum Gasteiger partial charge on any atom is 0.275 e. The Morgan fingerprint density at radius 3 is 2.41 bits per heavy atom. The molecule has 7 heteroatoms. The van der Waals surface area contributed by atoms with Gasteiger partial charge in [-0.2, -0.15) is 0 Å². The smallest absolute Gasteiger partial charge is 0.275 e. The first-order valence-corrected chi connectivity index (χ1v) is 10.00. The van der Waals surface area contributed by atoms with Crippen molar-refractivity contribution in [1.82, 2.24) is 4.57 Å². The fraction of sp³-hybridized carbons (Fsp3) is 0.0455. The van der Waals surface area contributed by atoms with E-state index >= 15 is 0 Å². The van der Waals surface area contributed by atoms with Gasteiger partial charge < -0.3 is 4.90 Å². The molecule has 4 aromatic rings. The van der Waals surface area contributed by atoms with Crippen molar-refractivity contribution in [2.24, 2.45) is 0 Å². The number of anilines is 1. The average molecular weight is 423 g/mol. The Hall–Kier alpha value is -3.22. The second-order valence-electron chi connectivity index (χ2n) is 6.38. The van der Waals surface area contributed by atoms with Crippen LogP contribution in [0.4, 0.5) is 5.69 Å². The zero-order valence-electron chi connectivity index (χ0n) is 15.3. The van der Waals surface area contributed by atoms with Crippen LogP contribution in [-0.4, -0.2) is 23.4 Å². The maximum absolute atomic E-state index is 13.2. The lowest BCUT2D eigenvalue weighted by Gasteiger charge is -2.18. The second-order valence-corrected chi connectivity index (χ2v) is 7.76. The minimum Gasteiger partial charge on any atom is -0.311 e. The zero-order valence-corrected chi connectivity index (χ0v) is 16.9. The first-order valence-electron chi connectivity index (χ1n) is 8.74. The van der Waals surface area contributed by atoms with Crippen LogP contribution in [0.3, 0.4) is 0 Å². The van der Waals surface area contributed by atoms with Crippen molar-refractivity contribution < 1.29 is 9.59 Å². The van der Waals surface area contributed by atoms with E-state index in [9.17, 15) is 14.4 Å². The van der Waals surface area contributed by atoms with Gasteiger partial charge in [0, 0.05) is 17.8 Å². The zero-order chi connectivity index (χ0) is 20.5. The summed E-state index contributed by atoms with van der Waals surface area (Å²) in [5, 5.41) is 2.94. The molecular formula is C22H15ClN2O3S. The molecule has 2 aromatic heterocycles. The molecule has 2 aromatic carbocycles. The number of hydrogen-bond acceptors (Lipinski definition) is 4. The summed E-state index contributed by atoms with van der Waals surface area (Å²) >= 11 is 7.16. The summed E-state index contributed by atoms with van der Waals surface area (Å²) in [6, 6.07) is 18.7. The molecule has 0 unspecified atom stereocenters. The third-order valence-corrected chi connectivity index (χ3v) is 5.70. The molecule has 0 bridgehead atoms. The van der Waals surface area contributed by atoms with Crippen molar-refractivity contribution in [3.8, 4) is 0 Å². The van der Waals surface area contributed by atoms with Gasteiger partial charge in [0.15, 0.2) is 0 Å². The molecule has 4 rings (SSSR count). The summed E-state index contributed by atoms with van der Waals surface area (Å²) in [4.78, 5) is 41.2. The number of nitrogens with zero attached hydrogens (tertiary/aromatic N) is 2. The SMILES string of the molecule is CN(C(=O)c1cc2ccccc2n(C(=O)c2cccs2)c1=O)c1ccc(Cl)cc1. The highest BCUT2D eigenvalue weighted by Gasteiger charge is 2.23. The molecule has 0 spiro atoms. The minimum absolute atomic E-state index is 0.0777. The molecule has 2 heterocycles. The molecule has 29 heavy (non-hydrogen) atoms. The van der Waals surface area contributed by atoms with Crippen LogP contribution in [0.2, 0.25) is 5.02 Å². The van der Waals surface area contributed by atoms with E-state index in [4.69, 9.17) is 11.6 Å². The molecule has 0 aliphatic heterocycles. The fourth-order valence-electron chi connectivity index (χ4n) is 3.09. The van der Waals surface area contributed by atoms with Crippen molar-refractivity contribution in [1.29, 1.82) is 0 Å². The van der Waals surface area contributed by atoms with Crippen molar-refractivity contribution in [2.75, 3.05) is 11.9 Å². The molecule has 0 atom stereocenters. The Morgan fingerprint density at radius 1 is 1.00 bits per heavy atom. The van der Waals surface area contributed by atoms with Crippen LogP contribution in [0.1, 0.15) is 20.0 Å². The van der Waals surface area contributed by atoms with E-state index in [2.05, 4.69) is 0 Å². The minimum atomic E-state index is -0.645. The van der Waals surface area contributed by atoms with E-state index in [0.717, 1.165) is 4.57 Å². The van der Waals surface area contributed by atoms with Crippen LogP contribution in [0.15, 0.2) is 76.9 Å². The first kappa shape index (κ1) is 19.1. The van der Waals surface area contributed by atoms with Crippen LogP contribution in [0.5, 0.6) is 0 Å². The summed E-state index contributed by atoms with van der Waals surface area (Å²) in [5.41, 5.74) is 0.323. The Labute approximate surface area is 175 Å². The maximum atomic E-state index is 13.2. The fourth-order valence-corrected chi connectivity index (χ4v) is 3.87. The summed E-state index contributed by atoms with van der Waals surface area (Å²) < 4.78 is 1.07. The molecule has 0 N–H and O–H groups in total. The number of benzene rings is 2.